The van der Waals surface area contributed by atoms with Crippen LogP contribution in [0.25, 0.3) is 0 Å². The van der Waals surface area contributed by atoms with Crippen LogP contribution >= 0.6 is 0 Å². The number of amides is 1. The van der Waals surface area contributed by atoms with Crippen LogP contribution < -0.4 is 14.8 Å². The van der Waals surface area contributed by atoms with Crippen molar-refractivity contribution in [1.82, 2.24) is 4.31 Å². The summed E-state index contributed by atoms with van der Waals surface area (Å²) in [6, 6.07) is 11.4. The highest BCUT2D eigenvalue weighted by atomic mass is 32.2. The van der Waals surface area contributed by atoms with E-state index in [1.165, 1.54) is 30.7 Å². The summed E-state index contributed by atoms with van der Waals surface area (Å²) >= 11 is 0. The molecule has 9 nitrogen and oxygen atoms in total. The van der Waals surface area contributed by atoms with Crippen molar-refractivity contribution in [3.63, 3.8) is 0 Å². The van der Waals surface area contributed by atoms with Gasteiger partial charge in [-0.1, -0.05) is 12.1 Å². The van der Waals surface area contributed by atoms with Crippen LogP contribution in [-0.4, -0.2) is 58.5 Å². The van der Waals surface area contributed by atoms with E-state index in [9.17, 15) is 18.0 Å². The average molecular weight is 491 g/mol. The maximum absolute atomic E-state index is 13.2. The molecule has 1 atom stereocenters. The van der Waals surface area contributed by atoms with E-state index in [1.807, 2.05) is 0 Å². The lowest BCUT2D eigenvalue weighted by molar-refractivity contribution is -0.142. The number of esters is 1. The molecule has 2 aromatic carbocycles. The van der Waals surface area contributed by atoms with Gasteiger partial charge < -0.3 is 19.5 Å². The monoisotopic (exact) mass is 490 g/mol. The molecule has 34 heavy (non-hydrogen) atoms. The molecule has 0 aliphatic carbocycles. The Morgan fingerprint density at radius 2 is 1.76 bits per heavy atom. The number of sulfonamides is 1. The summed E-state index contributed by atoms with van der Waals surface area (Å²) in [4.78, 5) is 24.6. The Bertz CT molecular complexity index is 1120. The predicted octanol–water partition coefficient (Wildman–Crippen LogP) is 2.85. The fourth-order valence-corrected chi connectivity index (χ4v) is 5.37. The fraction of sp³-hybridized carbons (Fsp3) is 0.417. The number of rotatable bonds is 9. The molecule has 1 saturated heterocycles. The molecule has 0 unspecified atom stereocenters. The molecule has 3 rings (SSSR count). The van der Waals surface area contributed by atoms with E-state index >= 15 is 0 Å². The van der Waals surface area contributed by atoms with Crippen molar-refractivity contribution < 1.29 is 32.2 Å². The third-order valence-corrected chi connectivity index (χ3v) is 7.48. The zero-order valence-electron chi connectivity index (χ0n) is 19.6. The minimum absolute atomic E-state index is 0.0865. The molecule has 0 aromatic heterocycles. The lowest BCUT2D eigenvalue weighted by atomic mass is 9.98. The number of carbonyl (C=O) groups excluding carboxylic acids is 2. The van der Waals surface area contributed by atoms with Gasteiger partial charge in [-0.2, -0.15) is 4.31 Å². The lowest BCUT2D eigenvalue weighted by Gasteiger charge is -2.31. The maximum Gasteiger partial charge on any atom is 0.310 e. The second kappa shape index (κ2) is 11.3. The Morgan fingerprint density at radius 1 is 1.06 bits per heavy atom. The molecular weight excluding hydrogens is 460 g/mol. The van der Waals surface area contributed by atoms with Crippen LogP contribution in [0.3, 0.4) is 0 Å². The van der Waals surface area contributed by atoms with Crippen molar-refractivity contribution in [2.75, 3.05) is 39.2 Å². The van der Waals surface area contributed by atoms with Gasteiger partial charge in [0.1, 0.15) is 0 Å². The van der Waals surface area contributed by atoms with Crippen molar-refractivity contribution in [2.24, 2.45) is 5.92 Å². The second-order valence-corrected chi connectivity index (χ2v) is 9.82. The number of anilines is 1. The molecule has 184 valence electrons. The Hall–Kier alpha value is -3.11. The highest BCUT2D eigenvalue weighted by molar-refractivity contribution is 7.89. The number of hydrogen-bond donors (Lipinski definition) is 1. The molecule has 1 heterocycles. The predicted molar refractivity (Wildman–Crippen MR) is 126 cm³/mol. The maximum atomic E-state index is 13.2. The smallest absolute Gasteiger partial charge is 0.310 e. The first-order valence-electron chi connectivity index (χ1n) is 11.1. The quantitative estimate of drug-likeness (QED) is 0.538. The Balaban J connectivity index is 1.66. The van der Waals surface area contributed by atoms with Crippen molar-refractivity contribution in [2.45, 2.75) is 31.1 Å². The standard InChI is InChI=1S/C24H30N2O7S/c1-4-33-23(27)14-17-7-9-19(10-8-17)25-24(28)18-6-5-13-26(16-18)34(29,30)20-11-12-21(31-2)22(15-20)32-3/h7-12,15,18H,4-6,13-14,16H2,1-3H3,(H,25,28)/t18-/m1/s1. The highest BCUT2D eigenvalue weighted by Crippen LogP contribution is 2.32. The minimum atomic E-state index is -3.81. The van der Waals surface area contributed by atoms with E-state index < -0.39 is 15.9 Å². The molecule has 0 bridgehead atoms. The van der Waals surface area contributed by atoms with Gasteiger partial charge in [-0.15, -0.1) is 0 Å². The minimum Gasteiger partial charge on any atom is -0.493 e. The number of hydrogen-bond acceptors (Lipinski definition) is 7. The molecule has 0 radical (unpaired) electrons. The molecule has 0 saturated carbocycles. The Kier molecular flexibility index (Phi) is 8.51. The fourth-order valence-electron chi connectivity index (χ4n) is 3.83. The summed E-state index contributed by atoms with van der Waals surface area (Å²) in [7, 11) is -0.884. The summed E-state index contributed by atoms with van der Waals surface area (Å²) in [5.41, 5.74) is 1.36. The molecule has 1 aliphatic heterocycles. The number of nitrogens with one attached hydrogen (secondary N) is 1. The number of ether oxygens (including phenoxy) is 3. The topological polar surface area (TPSA) is 111 Å². The number of piperidine rings is 1. The van der Waals surface area contributed by atoms with E-state index in [-0.39, 0.29) is 29.7 Å². The van der Waals surface area contributed by atoms with E-state index in [0.29, 0.717) is 43.2 Å². The highest BCUT2D eigenvalue weighted by Gasteiger charge is 2.33. The van der Waals surface area contributed by atoms with Crippen LogP contribution in [-0.2, 0) is 30.8 Å². The van der Waals surface area contributed by atoms with Crippen LogP contribution in [0.1, 0.15) is 25.3 Å². The van der Waals surface area contributed by atoms with Gasteiger partial charge in [0, 0.05) is 24.8 Å². The molecule has 1 N–H and O–H groups in total. The number of carbonyl (C=O) groups is 2. The second-order valence-electron chi connectivity index (χ2n) is 7.89. The van der Waals surface area contributed by atoms with Gasteiger partial charge >= 0.3 is 5.97 Å². The van der Waals surface area contributed by atoms with Crippen LogP contribution in [0.4, 0.5) is 5.69 Å². The Labute approximate surface area is 200 Å². The molecule has 2 aromatic rings. The summed E-state index contributed by atoms with van der Waals surface area (Å²) in [5, 5.41) is 2.85. The van der Waals surface area contributed by atoms with Gasteiger partial charge in [-0.3, -0.25) is 9.59 Å². The molecule has 10 heteroatoms. The lowest BCUT2D eigenvalue weighted by Crippen LogP contribution is -2.43. The van der Waals surface area contributed by atoms with Gasteiger partial charge in [0.15, 0.2) is 11.5 Å². The number of nitrogens with zero attached hydrogens (tertiary/aromatic N) is 1. The largest absolute Gasteiger partial charge is 0.493 e. The van der Waals surface area contributed by atoms with Gasteiger partial charge in [0.2, 0.25) is 15.9 Å². The van der Waals surface area contributed by atoms with E-state index in [2.05, 4.69) is 5.32 Å². The van der Waals surface area contributed by atoms with E-state index in [0.717, 1.165) is 5.56 Å². The summed E-state index contributed by atoms with van der Waals surface area (Å²) in [5.74, 6) is -0.280. The first-order chi connectivity index (χ1) is 16.3. The molecule has 1 aliphatic rings. The number of benzene rings is 2. The summed E-state index contributed by atoms with van der Waals surface area (Å²) in [6.45, 7) is 2.50. The van der Waals surface area contributed by atoms with Crippen LogP contribution in [0.5, 0.6) is 11.5 Å². The number of methoxy groups -OCH3 is 2. The van der Waals surface area contributed by atoms with Crippen molar-refractivity contribution in [3.8, 4) is 11.5 Å². The van der Waals surface area contributed by atoms with Crippen LogP contribution in [0, 0.1) is 5.92 Å². The first kappa shape index (κ1) is 25.5. The van der Waals surface area contributed by atoms with Crippen molar-refractivity contribution in [3.05, 3.63) is 48.0 Å². The first-order valence-corrected chi connectivity index (χ1v) is 12.5. The Morgan fingerprint density at radius 3 is 2.41 bits per heavy atom. The van der Waals surface area contributed by atoms with Crippen LogP contribution in [0.2, 0.25) is 0 Å². The third kappa shape index (κ3) is 6.06. The van der Waals surface area contributed by atoms with E-state index in [4.69, 9.17) is 14.2 Å². The SMILES string of the molecule is CCOC(=O)Cc1ccc(NC(=O)[C@@H]2CCCN(S(=O)(=O)c3ccc(OC)c(OC)c3)C2)cc1. The summed E-state index contributed by atoms with van der Waals surface area (Å²) in [6.07, 6.45) is 1.32. The molecule has 0 spiro atoms. The van der Waals surface area contributed by atoms with E-state index in [1.54, 1.807) is 37.3 Å². The zero-order chi connectivity index (χ0) is 24.7. The zero-order valence-corrected chi connectivity index (χ0v) is 20.4. The van der Waals surface area contributed by atoms with Gasteiger partial charge in [-0.05, 0) is 49.6 Å². The average Bonchev–Trinajstić information content (AvgIpc) is 2.85. The molecule has 1 fully saturated rings. The van der Waals surface area contributed by atoms with Gasteiger partial charge in [-0.25, -0.2) is 8.42 Å². The molecular formula is C24H30N2O7S. The van der Waals surface area contributed by atoms with Gasteiger partial charge in [0.25, 0.3) is 0 Å². The van der Waals surface area contributed by atoms with Crippen molar-refractivity contribution in [1.29, 1.82) is 0 Å². The van der Waals surface area contributed by atoms with Gasteiger partial charge in [0.05, 0.1) is 38.1 Å². The summed E-state index contributed by atoms with van der Waals surface area (Å²) < 4.78 is 43.1. The normalized spacial score (nSPS) is 16.5. The van der Waals surface area contributed by atoms with Crippen LogP contribution in [0.15, 0.2) is 47.4 Å². The molecule has 1 amide bonds. The third-order valence-electron chi connectivity index (χ3n) is 5.62. The van der Waals surface area contributed by atoms with Crippen molar-refractivity contribution >= 4 is 27.6 Å².